The van der Waals surface area contributed by atoms with Crippen molar-refractivity contribution >= 4 is 0 Å². The SMILES string of the molecule is CN(C/C=C/C#CC(C)(C)C)Cc1cccc(OC/C=C/Cn2ccnc2)c1. The van der Waals surface area contributed by atoms with E-state index in [2.05, 4.69) is 73.8 Å². The Morgan fingerprint density at radius 1 is 1.21 bits per heavy atom. The van der Waals surface area contributed by atoms with Gasteiger partial charge < -0.3 is 9.30 Å². The van der Waals surface area contributed by atoms with E-state index in [4.69, 9.17) is 4.74 Å². The zero-order valence-electron chi connectivity index (χ0n) is 17.4. The summed E-state index contributed by atoms with van der Waals surface area (Å²) < 4.78 is 7.84. The Hall–Kier alpha value is -2.77. The number of rotatable bonds is 9. The minimum atomic E-state index is 0.0470. The summed E-state index contributed by atoms with van der Waals surface area (Å²) in [5, 5.41) is 0. The lowest BCUT2D eigenvalue weighted by atomic mass is 9.98. The van der Waals surface area contributed by atoms with Crippen LogP contribution in [0, 0.1) is 17.3 Å². The van der Waals surface area contributed by atoms with Crippen LogP contribution in [0.4, 0.5) is 0 Å². The van der Waals surface area contributed by atoms with Crippen molar-refractivity contribution in [1.29, 1.82) is 0 Å². The average Bonchev–Trinajstić information content (AvgIpc) is 3.14. The first kappa shape index (κ1) is 21.5. The Morgan fingerprint density at radius 2 is 2.07 bits per heavy atom. The lowest BCUT2D eigenvalue weighted by Gasteiger charge is -2.15. The van der Waals surface area contributed by atoms with E-state index >= 15 is 0 Å². The lowest BCUT2D eigenvalue weighted by molar-refractivity contribution is 0.352. The van der Waals surface area contributed by atoms with Crippen molar-refractivity contribution in [2.45, 2.75) is 33.9 Å². The van der Waals surface area contributed by atoms with Gasteiger partial charge in [-0.2, -0.15) is 0 Å². The molecule has 2 rings (SSSR count). The number of hydrogen-bond acceptors (Lipinski definition) is 3. The van der Waals surface area contributed by atoms with E-state index in [-0.39, 0.29) is 5.41 Å². The van der Waals surface area contributed by atoms with Crippen molar-refractivity contribution in [2.24, 2.45) is 5.41 Å². The number of ether oxygens (including phenoxy) is 1. The molecule has 1 aromatic carbocycles. The summed E-state index contributed by atoms with van der Waals surface area (Å²) in [6.07, 6.45) is 13.7. The van der Waals surface area contributed by atoms with Crippen LogP contribution in [0.2, 0.25) is 0 Å². The van der Waals surface area contributed by atoms with Gasteiger partial charge in [-0.3, -0.25) is 4.90 Å². The second-order valence-corrected chi connectivity index (χ2v) is 7.81. The average molecular weight is 378 g/mol. The summed E-state index contributed by atoms with van der Waals surface area (Å²) in [5.41, 5.74) is 1.28. The molecule has 4 nitrogen and oxygen atoms in total. The fourth-order valence-corrected chi connectivity index (χ4v) is 2.46. The Balaban J connectivity index is 1.74. The molecule has 1 aromatic heterocycles. The smallest absolute Gasteiger partial charge is 0.120 e. The van der Waals surface area contributed by atoms with Gasteiger partial charge in [-0.05, 0) is 57.7 Å². The predicted molar refractivity (Wildman–Crippen MR) is 116 cm³/mol. The molecule has 2 aromatic rings. The Bertz CT molecular complexity index is 818. The monoisotopic (exact) mass is 377 g/mol. The maximum atomic E-state index is 5.83. The number of allylic oxidation sites excluding steroid dienone is 2. The van der Waals surface area contributed by atoms with Gasteiger partial charge in [-0.15, -0.1) is 0 Å². The number of hydrogen-bond donors (Lipinski definition) is 0. The van der Waals surface area contributed by atoms with Crippen LogP contribution in [0.3, 0.4) is 0 Å². The maximum Gasteiger partial charge on any atom is 0.120 e. The van der Waals surface area contributed by atoms with Crippen molar-refractivity contribution in [3.63, 3.8) is 0 Å². The Kier molecular flexibility index (Phi) is 8.58. The molecule has 0 aliphatic carbocycles. The molecule has 0 unspecified atom stereocenters. The molecule has 0 aliphatic heterocycles. The largest absolute Gasteiger partial charge is 0.490 e. The van der Waals surface area contributed by atoms with E-state index in [9.17, 15) is 0 Å². The minimum absolute atomic E-state index is 0.0470. The highest BCUT2D eigenvalue weighted by Gasteiger charge is 2.02. The molecule has 1 heterocycles. The summed E-state index contributed by atoms with van der Waals surface area (Å²) in [4.78, 5) is 6.27. The first-order valence-corrected chi connectivity index (χ1v) is 9.61. The molecule has 0 saturated carbocycles. The second kappa shape index (κ2) is 11.2. The van der Waals surface area contributed by atoms with Crippen molar-refractivity contribution < 1.29 is 4.74 Å². The number of nitrogens with zero attached hydrogens (tertiary/aromatic N) is 3. The van der Waals surface area contributed by atoms with Crippen LogP contribution in [0.5, 0.6) is 5.75 Å². The van der Waals surface area contributed by atoms with Gasteiger partial charge in [-0.1, -0.05) is 36.1 Å². The van der Waals surface area contributed by atoms with Crippen LogP contribution in [-0.4, -0.2) is 34.7 Å². The quantitative estimate of drug-likeness (QED) is 0.474. The van der Waals surface area contributed by atoms with Gasteiger partial charge in [0.15, 0.2) is 0 Å². The van der Waals surface area contributed by atoms with Crippen LogP contribution in [0.25, 0.3) is 0 Å². The topological polar surface area (TPSA) is 30.3 Å². The second-order valence-electron chi connectivity index (χ2n) is 7.81. The Morgan fingerprint density at radius 3 is 2.82 bits per heavy atom. The van der Waals surface area contributed by atoms with Crippen molar-refractivity contribution in [3.8, 4) is 17.6 Å². The molecule has 0 amide bonds. The third-order valence-corrected chi connectivity index (χ3v) is 3.80. The molecule has 4 heteroatoms. The highest BCUT2D eigenvalue weighted by atomic mass is 16.5. The van der Waals surface area contributed by atoms with Crippen LogP contribution >= 0.6 is 0 Å². The zero-order valence-corrected chi connectivity index (χ0v) is 17.4. The van der Waals surface area contributed by atoms with E-state index in [0.29, 0.717) is 6.61 Å². The number of aromatic nitrogens is 2. The summed E-state index contributed by atoms with van der Waals surface area (Å²) in [5.74, 6) is 7.21. The molecule has 0 bridgehead atoms. The van der Waals surface area contributed by atoms with Crippen molar-refractivity contribution in [2.75, 3.05) is 20.2 Å². The van der Waals surface area contributed by atoms with E-state index in [1.165, 1.54) is 5.56 Å². The number of benzene rings is 1. The van der Waals surface area contributed by atoms with E-state index in [0.717, 1.165) is 25.4 Å². The fraction of sp³-hybridized carbons (Fsp3) is 0.375. The number of likely N-dealkylation sites (N-methyl/N-ethyl adjacent to an activating group) is 1. The normalized spacial score (nSPS) is 11.9. The third kappa shape index (κ3) is 9.25. The fourth-order valence-electron chi connectivity index (χ4n) is 2.46. The van der Waals surface area contributed by atoms with Gasteiger partial charge in [0.2, 0.25) is 0 Å². The molecule has 0 N–H and O–H groups in total. The summed E-state index contributed by atoms with van der Waals surface area (Å²) in [6.45, 7) is 9.44. The predicted octanol–water partition coefficient (Wildman–Crippen LogP) is 4.56. The van der Waals surface area contributed by atoms with E-state index in [1.54, 1.807) is 12.5 Å². The highest BCUT2D eigenvalue weighted by molar-refractivity contribution is 5.28. The summed E-state index contributed by atoms with van der Waals surface area (Å²) in [6, 6.07) is 8.26. The van der Waals surface area contributed by atoms with E-state index in [1.807, 2.05) is 35.0 Å². The molecule has 0 aliphatic rings. The third-order valence-electron chi connectivity index (χ3n) is 3.80. The minimum Gasteiger partial charge on any atom is -0.490 e. The lowest BCUT2D eigenvalue weighted by Crippen LogP contribution is -2.17. The number of imidazole rings is 1. The maximum absolute atomic E-state index is 5.83. The molecule has 148 valence electrons. The van der Waals surface area contributed by atoms with Crippen LogP contribution in [-0.2, 0) is 13.1 Å². The molecule has 0 saturated heterocycles. The summed E-state index contributed by atoms with van der Waals surface area (Å²) in [7, 11) is 2.11. The first-order chi connectivity index (χ1) is 13.4. The van der Waals surface area contributed by atoms with Crippen molar-refractivity contribution in [3.05, 3.63) is 72.9 Å². The highest BCUT2D eigenvalue weighted by Crippen LogP contribution is 2.14. The standard InChI is InChI=1S/C24H31N3O/c1-24(2,3)13-6-5-7-15-26(4)20-22-11-10-12-23(19-22)28-18-9-8-16-27-17-14-25-21-27/h5,7-12,14,17,19,21H,15-16,18,20H2,1-4H3/b7-5+,9-8+. The van der Waals surface area contributed by atoms with Gasteiger partial charge in [-0.25, -0.2) is 4.98 Å². The molecular weight excluding hydrogens is 346 g/mol. The van der Waals surface area contributed by atoms with Gasteiger partial charge in [0.1, 0.15) is 12.4 Å². The van der Waals surface area contributed by atoms with Crippen LogP contribution in [0.1, 0.15) is 26.3 Å². The zero-order chi connectivity index (χ0) is 20.2. The molecule has 0 atom stereocenters. The van der Waals surface area contributed by atoms with E-state index < -0.39 is 0 Å². The molecule has 0 radical (unpaired) electrons. The van der Waals surface area contributed by atoms with Crippen LogP contribution < -0.4 is 4.74 Å². The van der Waals surface area contributed by atoms with Gasteiger partial charge in [0.05, 0.1) is 6.33 Å². The van der Waals surface area contributed by atoms with Crippen molar-refractivity contribution in [1.82, 2.24) is 14.5 Å². The van der Waals surface area contributed by atoms with Crippen LogP contribution in [0.15, 0.2) is 67.3 Å². The molecule has 0 fully saturated rings. The molecular formula is C24H31N3O. The summed E-state index contributed by atoms with van der Waals surface area (Å²) >= 11 is 0. The van der Waals surface area contributed by atoms with Gasteiger partial charge >= 0.3 is 0 Å². The molecule has 28 heavy (non-hydrogen) atoms. The Labute approximate surface area is 169 Å². The first-order valence-electron chi connectivity index (χ1n) is 9.61. The van der Waals surface area contributed by atoms with Gasteiger partial charge in [0, 0.05) is 37.4 Å². The molecule has 0 spiro atoms. The van der Waals surface area contributed by atoms with Gasteiger partial charge in [0.25, 0.3) is 0 Å².